The van der Waals surface area contributed by atoms with E-state index >= 15 is 0 Å². The molecule has 0 bridgehead atoms. The predicted molar refractivity (Wildman–Crippen MR) is 86.7 cm³/mol. The summed E-state index contributed by atoms with van der Waals surface area (Å²) in [6, 6.07) is 17.5. The normalized spacial score (nSPS) is 10.8. The number of ether oxygens (including phenoxy) is 2. The van der Waals surface area contributed by atoms with E-state index in [1.807, 2.05) is 0 Å². The van der Waals surface area contributed by atoms with Crippen LogP contribution < -0.4 is 0 Å². The fourth-order valence-corrected chi connectivity index (χ4v) is 2.58. The van der Waals surface area contributed by atoms with Gasteiger partial charge in [-0.3, -0.25) is 4.57 Å². The molecule has 0 spiro atoms. The van der Waals surface area contributed by atoms with Gasteiger partial charge in [0.1, 0.15) is 13.2 Å². The number of hydrogen-bond donors (Lipinski definition) is 0. The molecule has 120 valence electrons. The van der Waals surface area contributed by atoms with Crippen molar-refractivity contribution in [2.75, 3.05) is 0 Å². The third-order valence-electron chi connectivity index (χ3n) is 2.88. The molecule has 0 N–H and O–H groups in total. The first-order chi connectivity index (χ1) is 11.0. The van der Waals surface area contributed by atoms with E-state index in [9.17, 15) is 14.2 Å². The van der Waals surface area contributed by atoms with Crippen LogP contribution in [0.25, 0.3) is 0 Å². The number of benzene rings is 2. The number of rotatable bonds is 6. The van der Waals surface area contributed by atoms with Gasteiger partial charge in [0.25, 0.3) is 0 Å². The monoisotopic (exact) mass is 352 g/mol. The van der Waals surface area contributed by atoms with Gasteiger partial charge in [0.2, 0.25) is 0 Å². The highest BCUT2D eigenvalue weighted by Gasteiger charge is 2.41. The summed E-state index contributed by atoms with van der Waals surface area (Å²) in [6.07, 6.45) is 0. The Labute approximate surface area is 138 Å². The molecule has 0 heterocycles. The number of carbonyl (C=O) groups excluding carboxylic acids is 2. The molecule has 0 aliphatic heterocycles. The molecule has 2 rings (SSSR count). The highest BCUT2D eigenvalue weighted by molar-refractivity contribution is 8.12. The molecule has 5 nitrogen and oxygen atoms in total. The maximum absolute atomic E-state index is 12.1. The first-order valence-electron chi connectivity index (χ1n) is 6.72. The highest BCUT2D eigenvalue weighted by Crippen LogP contribution is 2.55. The fourth-order valence-electron chi connectivity index (χ4n) is 1.68. The summed E-state index contributed by atoms with van der Waals surface area (Å²) in [5.41, 5.74) is -1.17. The topological polar surface area (TPSA) is 69.7 Å². The van der Waals surface area contributed by atoms with Crippen LogP contribution in [0, 0.1) is 0 Å². The average molecular weight is 353 g/mol. The van der Waals surface area contributed by atoms with Crippen LogP contribution in [-0.2, 0) is 27.3 Å². The van der Waals surface area contributed by atoms with E-state index in [-0.39, 0.29) is 13.2 Å². The van der Waals surface area contributed by atoms with Crippen LogP contribution in [0.5, 0.6) is 0 Å². The van der Waals surface area contributed by atoms with Crippen molar-refractivity contribution in [2.24, 2.45) is 0 Å². The van der Waals surface area contributed by atoms with Crippen molar-refractivity contribution in [1.82, 2.24) is 0 Å². The van der Waals surface area contributed by atoms with Crippen LogP contribution in [0.2, 0.25) is 0 Å². The van der Waals surface area contributed by atoms with E-state index in [4.69, 9.17) is 20.7 Å². The lowest BCUT2D eigenvalue weighted by Gasteiger charge is -2.10. The lowest BCUT2D eigenvalue weighted by molar-refractivity contribution is 0.157. The Bertz CT molecular complexity index is 658. The van der Waals surface area contributed by atoms with Crippen LogP contribution >= 0.6 is 17.7 Å². The second kappa shape index (κ2) is 7.95. The summed E-state index contributed by atoms with van der Waals surface area (Å²) in [6.45, 7) is -4.64. The molecule has 2 aromatic carbocycles. The summed E-state index contributed by atoms with van der Waals surface area (Å²) in [7, 11) is 0. The minimum atomic E-state index is -4.40. The van der Waals surface area contributed by atoms with Crippen LogP contribution in [0.15, 0.2) is 60.7 Å². The van der Waals surface area contributed by atoms with Crippen LogP contribution in [0.3, 0.4) is 0 Å². The first kappa shape index (κ1) is 17.3. The summed E-state index contributed by atoms with van der Waals surface area (Å²) >= 11 is 5.58. The van der Waals surface area contributed by atoms with Crippen LogP contribution in [-0.4, -0.2) is 11.4 Å². The van der Waals surface area contributed by atoms with Gasteiger partial charge in [-0.2, -0.15) is 0 Å². The number of halogens is 1. The van der Waals surface area contributed by atoms with Gasteiger partial charge in [-0.05, 0) is 22.4 Å². The lowest BCUT2D eigenvalue weighted by Crippen LogP contribution is -2.09. The van der Waals surface area contributed by atoms with E-state index in [0.29, 0.717) is 11.1 Å². The molecule has 0 fully saturated rings. The molecule has 0 aliphatic carbocycles. The van der Waals surface area contributed by atoms with Crippen LogP contribution in [0.1, 0.15) is 11.1 Å². The summed E-state index contributed by atoms with van der Waals surface area (Å²) in [5, 5.41) is 0. The Morgan fingerprint density at radius 1 is 0.783 bits per heavy atom. The Hall–Kier alpha value is -2.10. The van der Waals surface area contributed by atoms with E-state index in [1.165, 1.54) is 0 Å². The molecule has 0 radical (unpaired) electrons. The van der Waals surface area contributed by atoms with E-state index in [2.05, 4.69) is 0 Å². The average Bonchev–Trinajstić information content (AvgIpc) is 2.59. The van der Waals surface area contributed by atoms with Gasteiger partial charge in [0, 0.05) is 0 Å². The maximum Gasteiger partial charge on any atom is 0.391 e. The maximum atomic E-state index is 12.1. The van der Waals surface area contributed by atoms with Crippen molar-refractivity contribution in [2.45, 2.75) is 13.2 Å². The molecule has 0 aromatic heterocycles. The first-order valence-corrected chi connectivity index (χ1v) is 9.33. The molecule has 2 aromatic rings. The Balaban J connectivity index is 1.90. The number of hydrogen-bond acceptors (Lipinski definition) is 5. The number of carbonyl (C=O) groups is 2. The van der Waals surface area contributed by atoms with Gasteiger partial charge in [-0.25, -0.2) is 9.59 Å². The predicted octanol–water partition coefficient (Wildman–Crippen LogP) is 5.18. The second-order valence-electron chi connectivity index (χ2n) is 4.61. The van der Waals surface area contributed by atoms with Gasteiger partial charge in [-0.1, -0.05) is 60.7 Å². The Morgan fingerprint density at radius 3 is 1.48 bits per heavy atom. The molecule has 0 unspecified atom stereocenters. The molecular weight excluding hydrogens is 339 g/mol. The third-order valence-corrected chi connectivity index (χ3v) is 4.91. The molecule has 0 aliphatic rings. The smallest absolute Gasteiger partial charge is 0.391 e. The SMILES string of the molecule is O=C(OCc1ccccc1)P(=O)(Cl)C(=O)OCc1ccccc1. The zero-order valence-electron chi connectivity index (χ0n) is 12.1. The summed E-state index contributed by atoms with van der Waals surface area (Å²) < 4.78 is 21.7. The van der Waals surface area contributed by atoms with Crippen molar-refractivity contribution in [3.63, 3.8) is 0 Å². The van der Waals surface area contributed by atoms with E-state index in [1.54, 1.807) is 60.7 Å². The van der Waals surface area contributed by atoms with Gasteiger partial charge in [0.05, 0.1) is 0 Å². The highest BCUT2D eigenvalue weighted by atomic mass is 35.7. The lowest BCUT2D eigenvalue weighted by atomic mass is 10.2. The molecule has 0 saturated carbocycles. The minimum absolute atomic E-state index is 0.123. The third kappa shape index (κ3) is 4.95. The molecule has 0 atom stereocenters. The van der Waals surface area contributed by atoms with Crippen molar-refractivity contribution >= 4 is 29.2 Å². The fraction of sp³-hybridized carbons (Fsp3) is 0.125. The Kier molecular flexibility index (Phi) is 5.97. The Morgan fingerprint density at radius 2 is 1.13 bits per heavy atom. The zero-order chi connectivity index (χ0) is 16.7. The second-order valence-corrected chi connectivity index (χ2v) is 7.84. The van der Waals surface area contributed by atoms with E-state index < -0.39 is 17.9 Å². The van der Waals surface area contributed by atoms with Gasteiger partial charge in [-0.15, -0.1) is 0 Å². The molecule has 23 heavy (non-hydrogen) atoms. The molecule has 0 amide bonds. The largest absolute Gasteiger partial charge is 0.454 e. The van der Waals surface area contributed by atoms with E-state index in [0.717, 1.165) is 0 Å². The quantitative estimate of drug-likeness (QED) is 0.670. The molecular formula is C16H14ClO5P. The van der Waals surface area contributed by atoms with Crippen molar-refractivity contribution in [3.8, 4) is 0 Å². The van der Waals surface area contributed by atoms with Crippen molar-refractivity contribution in [1.29, 1.82) is 0 Å². The van der Waals surface area contributed by atoms with Gasteiger partial charge >= 0.3 is 17.9 Å². The summed E-state index contributed by atoms with van der Waals surface area (Å²) in [4.78, 5) is 23.5. The summed E-state index contributed by atoms with van der Waals surface area (Å²) in [5.74, 6) is 0. The van der Waals surface area contributed by atoms with Gasteiger partial charge < -0.3 is 9.47 Å². The molecule has 7 heteroatoms. The molecule has 0 saturated heterocycles. The van der Waals surface area contributed by atoms with Crippen molar-refractivity contribution in [3.05, 3.63) is 71.8 Å². The van der Waals surface area contributed by atoms with Crippen LogP contribution in [0.4, 0.5) is 9.59 Å². The van der Waals surface area contributed by atoms with Gasteiger partial charge in [0.15, 0.2) is 0 Å². The minimum Gasteiger partial charge on any atom is -0.454 e. The van der Waals surface area contributed by atoms with Crippen molar-refractivity contribution < 1.29 is 23.6 Å². The zero-order valence-corrected chi connectivity index (χ0v) is 13.7. The standard InChI is InChI=1S/C16H14ClO5P/c17-23(20,15(18)21-11-13-7-3-1-4-8-13)16(19)22-12-14-9-5-2-6-10-14/h1-10H,11-12H2.